The first-order valence-electron chi connectivity index (χ1n) is 5.68. The largest absolute Gasteiger partial charge is 0.456 e. The van der Waals surface area contributed by atoms with Gasteiger partial charge in [0.25, 0.3) is 0 Å². The molecule has 6 heteroatoms. The Morgan fingerprint density at radius 1 is 1.22 bits per heavy atom. The average Bonchev–Trinajstić information content (AvgIpc) is 2.13. The number of rotatable bonds is 4. The molecule has 2 nitrogen and oxygen atoms in total. The van der Waals surface area contributed by atoms with E-state index in [0.29, 0.717) is 12.8 Å². The molecule has 0 aromatic rings. The van der Waals surface area contributed by atoms with Crippen molar-refractivity contribution in [1.82, 2.24) is 0 Å². The van der Waals surface area contributed by atoms with Crippen molar-refractivity contribution in [1.29, 1.82) is 0 Å². The molecular formula is C12H18ClF3O2. The maximum absolute atomic E-state index is 12.7. The zero-order chi connectivity index (χ0) is 14.6. The summed E-state index contributed by atoms with van der Waals surface area (Å²) in [5, 5.41) is -0.870. The number of hydrogen-bond donors (Lipinski definition) is 0. The van der Waals surface area contributed by atoms with E-state index in [4.69, 9.17) is 16.3 Å². The second-order valence-corrected chi connectivity index (χ2v) is 5.27. The normalized spacial score (nSPS) is 14.2. The Balaban J connectivity index is 5.14. The number of halogens is 4. The Kier molecular flexibility index (Phi) is 6.20. The summed E-state index contributed by atoms with van der Waals surface area (Å²) in [6.07, 6.45) is -3.99. The van der Waals surface area contributed by atoms with Gasteiger partial charge in [-0.1, -0.05) is 24.9 Å². The molecule has 0 aromatic carbocycles. The summed E-state index contributed by atoms with van der Waals surface area (Å²) in [6, 6.07) is 0. The maximum Gasteiger partial charge on any atom is 0.414 e. The lowest BCUT2D eigenvalue weighted by atomic mass is 10.1. The Hall–Kier alpha value is -0.710. The van der Waals surface area contributed by atoms with Crippen LogP contribution in [0.25, 0.3) is 0 Å². The number of esters is 1. The number of carbonyl (C=O) groups excluding carboxylic acids is 1. The summed E-state index contributed by atoms with van der Waals surface area (Å²) in [6.45, 7) is 6.45. The number of alkyl halides is 3. The topological polar surface area (TPSA) is 26.3 Å². The third-order valence-corrected chi connectivity index (χ3v) is 2.35. The molecule has 0 unspecified atom stereocenters. The van der Waals surface area contributed by atoms with E-state index >= 15 is 0 Å². The molecule has 0 aromatic heterocycles. The summed E-state index contributed by atoms with van der Waals surface area (Å²) in [7, 11) is 0. The molecule has 18 heavy (non-hydrogen) atoms. The van der Waals surface area contributed by atoms with E-state index in [1.54, 1.807) is 27.7 Å². The fraction of sp³-hybridized carbons (Fsp3) is 0.750. The Bertz CT molecular complexity index is 327. The van der Waals surface area contributed by atoms with Gasteiger partial charge in [-0.05, 0) is 33.6 Å². The molecule has 0 rings (SSSR count). The summed E-state index contributed by atoms with van der Waals surface area (Å²) in [5.41, 5.74) is -1.89. The molecule has 0 aliphatic rings. The number of hydrogen-bond acceptors (Lipinski definition) is 2. The second-order valence-electron chi connectivity index (χ2n) is 4.90. The average molecular weight is 287 g/mol. The Morgan fingerprint density at radius 2 is 1.72 bits per heavy atom. The van der Waals surface area contributed by atoms with Crippen LogP contribution >= 0.6 is 11.6 Å². The van der Waals surface area contributed by atoms with Crippen LogP contribution in [0.15, 0.2) is 10.6 Å². The monoisotopic (exact) mass is 286 g/mol. The highest BCUT2D eigenvalue weighted by molar-refractivity contribution is 6.41. The standard InChI is InChI=1S/C12H18ClF3O2/c1-5-6-7-8(12(14,15)16)9(13)10(17)18-11(2,3)4/h5-7H2,1-4H3/b9-8+. The molecular weight excluding hydrogens is 269 g/mol. The molecule has 0 saturated carbocycles. The van der Waals surface area contributed by atoms with Crippen molar-refractivity contribution >= 4 is 17.6 Å². The third-order valence-electron chi connectivity index (χ3n) is 1.97. The summed E-state index contributed by atoms with van der Waals surface area (Å²) in [5.74, 6) is -1.13. The van der Waals surface area contributed by atoms with Gasteiger partial charge >= 0.3 is 12.1 Å². The van der Waals surface area contributed by atoms with Gasteiger partial charge in [0.05, 0.1) is 5.57 Å². The van der Waals surface area contributed by atoms with E-state index in [2.05, 4.69) is 0 Å². The molecule has 0 amide bonds. The van der Waals surface area contributed by atoms with Crippen LogP contribution in [0.2, 0.25) is 0 Å². The van der Waals surface area contributed by atoms with Crippen LogP contribution in [-0.2, 0) is 9.53 Å². The Labute approximate surface area is 110 Å². The molecule has 0 radical (unpaired) electrons. The molecule has 0 aliphatic heterocycles. The summed E-state index contributed by atoms with van der Waals surface area (Å²) >= 11 is 5.51. The number of ether oxygens (including phenoxy) is 1. The lowest BCUT2D eigenvalue weighted by Crippen LogP contribution is -2.26. The minimum absolute atomic E-state index is 0.280. The van der Waals surface area contributed by atoms with Crippen LogP contribution in [0.5, 0.6) is 0 Å². The van der Waals surface area contributed by atoms with Crippen LogP contribution in [0, 0.1) is 0 Å². The Morgan fingerprint density at radius 3 is 2.06 bits per heavy atom. The van der Waals surface area contributed by atoms with E-state index < -0.39 is 28.4 Å². The molecule has 106 valence electrons. The van der Waals surface area contributed by atoms with Gasteiger partial charge in [-0.3, -0.25) is 0 Å². The van der Waals surface area contributed by atoms with Crippen LogP contribution in [0.4, 0.5) is 13.2 Å². The SMILES string of the molecule is CCCC/C(=C(\Cl)C(=O)OC(C)(C)C)C(F)(F)F. The molecule has 0 N–H and O–H groups in total. The lowest BCUT2D eigenvalue weighted by molar-refractivity contribution is -0.150. The van der Waals surface area contributed by atoms with E-state index in [1.807, 2.05) is 0 Å². The first-order valence-corrected chi connectivity index (χ1v) is 6.06. The first-order chi connectivity index (χ1) is 7.99. The van der Waals surface area contributed by atoms with Crippen LogP contribution in [0.3, 0.4) is 0 Å². The van der Waals surface area contributed by atoms with Crippen molar-refractivity contribution in [2.75, 3.05) is 0 Å². The fourth-order valence-corrected chi connectivity index (χ4v) is 1.42. The van der Waals surface area contributed by atoms with E-state index in [1.165, 1.54) is 0 Å². The van der Waals surface area contributed by atoms with Gasteiger partial charge in [-0.25, -0.2) is 4.79 Å². The van der Waals surface area contributed by atoms with Crippen molar-refractivity contribution < 1.29 is 22.7 Å². The van der Waals surface area contributed by atoms with E-state index in [0.717, 1.165) is 0 Å². The predicted octanol–water partition coefficient (Wildman–Crippen LogP) is 4.57. The van der Waals surface area contributed by atoms with Gasteiger partial charge in [0.15, 0.2) is 0 Å². The van der Waals surface area contributed by atoms with Gasteiger partial charge in [0, 0.05) is 0 Å². The van der Waals surface area contributed by atoms with Crippen molar-refractivity contribution in [2.24, 2.45) is 0 Å². The third kappa shape index (κ3) is 6.28. The van der Waals surface area contributed by atoms with E-state index in [9.17, 15) is 18.0 Å². The molecule has 0 heterocycles. The molecule has 0 saturated heterocycles. The van der Waals surface area contributed by atoms with Crippen LogP contribution in [0.1, 0.15) is 47.0 Å². The second kappa shape index (κ2) is 6.45. The smallest absolute Gasteiger partial charge is 0.414 e. The molecule has 0 bridgehead atoms. The molecule has 0 fully saturated rings. The van der Waals surface area contributed by atoms with Crippen molar-refractivity contribution in [2.45, 2.75) is 58.7 Å². The van der Waals surface area contributed by atoms with Crippen LogP contribution < -0.4 is 0 Å². The van der Waals surface area contributed by atoms with Gasteiger partial charge in [-0.15, -0.1) is 0 Å². The van der Waals surface area contributed by atoms with Crippen molar-refractivity contribution in [3.63, 3.8) is 0 Å². The predicted molar refractivity (Wildman–Crippen MR) is 64.3 cm³/mol. The highest BCUT2D eigenvalue weighted by Crippen LogP contribution is 2.34. The fourth-order valence-electron chi connectivity index (χ4n) is 1.18. The van der Waals surface area contributed by atoms with Gasteiger partial charge in [0.2, 0.25) is 0 Å². The number of unbranched alkanes of at least 4 members (excludes halogenated alkanes) is 1. The molecule has 0 atom stereocenters. The quantitative estimate of drug-likeness (QED) is 0.559. The van der Waals surface area contributed by atoms with E-state index in [-0.39, 0.29) is 6.42 Å². The van der Waals surface area contributed by atoms with Crippen molar-refractivity contribution in [3.8, 4) is 0 Å². The molecule has 0 spiro atoms. The summed E-state index contributed by atoms with van der Waals surface area (Å²) < 4.78 is 43.0. The zero-order valence-electron chi connectivity index (χ0n) is 10.9. The zero-order valence-corrected chi connectivity index (χ0v) is 11.7. The maximum atomic E-state index is 12.7. The molecule has 0 aliphatic carbocycles. The van der Waals surface area contributed by atoms with Gasteiger partial charge < -0.3 is 4.74 Å². The van der Waals surface area contributed by atoms with Gasteiger partial charge in [0.1, 0.15) is 10.6 Å². The number of carbonyl (C=O) groups is 1. The number of allylic oxidation sites excluding steroid dienone is 1. The van der Waals surface area contributed by atoms with Crippen LogP contribution in [-0.4, -0.2) is 17.7 Å². The van der Waals surface area contributed by atoms with Crippen molar-refractivity contribution in [3.05, 3.63) is 10.6 Å². The minimum Gasteiger partial charge on any atom is -0.456 e. The summed E-state index contributed by atoms with van der Waals surface area (Å²) in [4.78, 5) is 11.5. The first kappa shape index (κ1) is 17.3. The lowest BCUT2D eigenvalue weighted by Gasteiger charge is -2.20. The van der Waals surface area contributed by atoms with Gasteiger partial charge in [-0.2, -0.15) is 13.2 Å². The highest BCUT2D eigenvalue weighted by atomic mass is 35.5. The minimum atomic E-state index is -4.61. The highest BCUT2D eigenvalue weighted by Gasteiger charge is 2.38.